The second kappa shape index (κ2) is 8.83. The number of terminal acetylenes is 1. The van der Waals surface area contributed by atoms with E-state index in [4.69, 9.17) is 11.2 Å². The van der Waals surface area contributed by atoms with E-state index < -0.39 is 4.92 Å². The van der Waals surface area contributed by atoms with Gasteiger partial charge in [0, 0.05) is 12.1 Å². The fraction of sp³-hybridized carbons (Fsp3) is 0.0556. The lowest BCUT2D eigenvalue weighted by molar-refractivity contribution is -0.384. The van der Waals surface area contributed by atoms with Gasteiger partial charge >= 0.3 is 0 Å². The van der Waals surface area contributed by atoms with Crippen molar-refractivity contribution in [3.63, 3.8) is 0 Å². The molecule has 0 fully saturated rings. The average molecular weight is 556 g/mol. The van der Waals surface area contributed by atoms with Gasteiger partial charge in [-0.1, -0.05) is 5.92 Å². The minimum atomic E-state index is -0.473. The number of halogens is 2. The van der Waals surface area contributed by atoms with E-state index in [0.29, 0.717) is 16.9 Å². The number of rotatable bonds is 5. The summed E-state index contributed by atoms with van der Waals surface area (Å²) < 4.78 is 7.29. The van der Waals surface area contributed by atoms with Gasteiger partial charge in [0.1, 0.15) is 12.4 Å². The highest BCUT2D eigenvalue weighted by Gasteiger charge is 2.10. The van der Waals surface area contributed by atoms with Crippen LogP contribution in [-0.4, -0.2) is 11.5 Å². The summed E-state index contributed by atoms with van der Waals surface area (Å²) in [5.74, 6) is 3.14. The number of benzene rings is 2. The van der Waals surface area contributed by atoms with Crippen molar-refractivity contribution < 1.29 is 9.66 Å². The Bertz CT molecular complexity index is 900. The number of hydrogen-bond donors (Lipinski definition) is 0. The van der Waals surface area contributed by atoms with Gasteiger partial charge in [0.15, 0.2) is 0 Å². The normalized spacial score (nSPS) is 10.6. The lowest BCUT2D eigenvalue weighted by Crippen LogP contribution is -1.98. The topological polar surface area (TPSA) is 76.2 Å². The molecule has 0 aromatic heterocycles. The Labute approximate surface area is 172 Å². The summed E-state index contributed by atoms with van der Waals surface area (Å²) in [5.41, 5.74) is 1.85. The molecule has 0 aliphatic heterocycles. The maximum Gasteiger partial charge on any atom is 0.269 e. The Kier molecular flexibility index (Phi) is 6.79. The molecule has 7 heteroatoms. The second-order valence-electron chi connectivity index (χ2n) is 4.78. The minimum Gasteiger partial charge on any atom is -0.479 e. The monoisotopic (exact) mass is 556 g/mol. The number of nitro groups is 1. The van der Waals surface area contributed by atoms with E-state index in [0.717, 1.165) is 12.7 Å². The van der Waals surface area contributed by atoms with Crippen molar-refractivity contribution in [2.45, 2.75) is 0 Å². The van der Waals surface area contributed by atoms with E-state index in [1.807, 2.05) is 12.1 Å². The molecule has 124 valence electrons. The van der Waals surface area contributed by atoms with E-state index in [2.05, 4.69) is 57.2 Å². The van der Waals surface area contributed by atoms with Crippen LogP contribution < -0.4 is 4.74 Å². The van der Waals surface area contributed by atoms with Gasteiger partial charge in [0.25, 0.3) is 5.69 Å². The van der Waals surface area contributed by atoms with Crippen molar-refractivity contribution >= 4 is 62.5 Å². The molecule has 5 nitrogen and oxygen atoms in total. The maximum atomic E-state index is 10.7. The molecule has 0 aliphatic carbocycles. The Balaban J connectivity index is 2.38. The highest BCUT2D eigenvalue weighted by molar-refractivity contribution is 14.1. The SMILES string of the molecule is C#CCOc1c(I)cc(/C=C(/C#N)c2ccc([N+](=O)[O-])cc2)cc1I. The number of hydrogen-bond acceptors (Lipinski definition) is 4. The van der Waals surface area contributed by atoms with Gasteiger partial charge in [0.05, 0.1) is 23.7 Å². The summed E-state index contributed by atoms with van der Waals surface area (Å²) in [6.45, 7) is 0.188. The Morgan fingerprint density at radius 1 is 1.28 bits per heavy atom. The molecule has 0 saturated heterocycles. The molecule has 0 amide bonds. The number of nitro benzene ring substituents is 1. The van der Waals surface area contributed by atoms with Crippen molar-refractivity contribution in [3.8, 4) is 24.2 Å². The lowest BCUT2D eigenvalue weighted by atomic mass is 10.0. The van der Waals surface area contributed by atoms with Gasteiger partial charge in [0.2, 0.25) is 0 Å². The van der Waals surface area contributed by atoms with E-state index in [1.165, 1.54) is 12.1 Å². The maximum absolute atomic E-state index is 10.7. The van der Waals surface area contributed by atoms with E-state index >= 15 is 0 Å². The molecular formula is C18H10I2N2O3. The molecule has 2 aromatic rings. The first-order chi connectivity index (χ1) is 12.0. The molecule has 0 spiro atoms. The van der Waals surface area contributed by atoms with Gasteiger partial charge in [-0.15, -0.1) is 6.42 Å². The molecule has 2 aromatic carbocycles. The molecule has 0 aliphatic rings. The van der Waals surface area contributed by atoms with Gasteiger partial charge in [-0.05, 0) is 86.7 Å². The van der Waals surface area contributed by atoms with Crippen LogP contribution in [0.15, 0.2) is 36.4 Å². The van der Waals surface area contributed by atoms with E-state index in [9.17, 15) is 15.4 Å². The van der Waals surface area contributed by atoms with Crippen LogP contribution in [0.4, 0.5) is 5.69 Å². The molecule has 0 saturated carbocycles. The van der Waals surface area contributed by atoms with Crippen LogP contribution in [0, 0.1) is 40.9 Å². The third-order valence-electron chi connectivity index (χ3n) is 3.14. The molecule has 0 heterocycles. The van der Waals surface area contributed by atoms with Crippen LogP contribution in [-0.2, 0) is 0 Å². The molecule has 2 rings (SSSR count). The largest absolute Gasteiger partial charge is 0.479 e. The number of non-ortho nitro benzene ring substituents is 1. The summed E-state index contributed by atoms with van der Waals surface area (Å²) in [5, 5.41) is 20.2. The summed E-state index contributed by atoms with van der Waals surface area (Å²) >= 11 is 4.30. The van der Waals surface area contributed by atoms with Gasteiger partial charge < -0.3 is 4.74 Å². The van der Waals surface area contributed by atoms with Crippen LogP contribution in [0.1, 0.15) is 11.1 Å². The zero-order chi connectivity index (χ0) is 18.4. The third kappa shape index (κ3) is 4.94. The fourth-order valence-corrected chi connectivity index (χ4v) is 4.15. The summed E-state index contributed by atoms with van der Waals surface area (Å²) in [6.07, 6.45) is 6.95. The third-order valence-corrected chi connectivity index (χ3v) is 4.74. The van der Waals surface area contributed by atoms with Gasteiger partial charge in [-0.2, -0.15) is 5.26 Å². The summed E-state index contributed by atoms with van der Waals surface area (Å²) in [4.78, 5) is 10.3. The summed E-state index contributed by atoms with van der Waals surface area (Å²) in [6, 6.07) is 11.8. The molecule has 25 heavy (non-hydrogen) atoms. The number of ether oxygens (including phenoxy) is 1. The average Bonchev–Trinajstić information content (AvgIpc) is 2.59. The van der Waals surface area contributed by atoms with Crippen LogP contribution >= 0.6 is 45.2 Å². The molecule has 0 bridgehead atoms. The Morgan fingerprint density at radius 2 is 1.88 bits per heavy atom. The number of nitriles is 1. The van der Waals surface area contributed by atoms with Crippen molar-refractivity contribution in [2.75, 3.05) is 6.61 Å². The van der Waals surface area contributed by atoms with Crippen LogP contribution in [0.2, 0.25) is 0 Å². The first kappa shape index (κ1) is 19.2. The van der Waals surface area contributed by atoms with E-state index in [-0.39, 0.29) is 12.3 Å². The predicted molar refractivity (Wildman–Crippen MR) is 113 cm³/mol. The summed E-state index contributed by atoms with van der Waals surface area (Å²) in [7, 11) is 0. The number of allylic oxidation sites excluding steroid dienone is 1. The highest BCUT2D eigenvalue weighted by Crippen LogP contribution is 2.30. The number of nitrogens with zero attached hydrogens (tertiary/aromatic N) is 2. The van der Waals surface area contributed by atoms with Crippen molar-refractivity contribution in [1.82, 2.24) is 0 Å². The molecule has 0 unspecified atom stereocenters. The zero-order valence-corrected chi connectivity index (χ0v) is 17.0. The van der Waals surface area contributed by atoms with E-state index in [1.54, 1.807) is 18.2 Å². The minimum absolute atomic E-state index is 0.0137. The van der Waals surface area contributed by atoms with Crippen molar-refractivity contribution in [1.29, 1.82) is 5.26 Å². The van der Waals surface area contributed by atoms with Crippen LogP contribution in [0.3, 0.4) is 0 Å². The first-order valence-corrected chi connectivity index (χ1v) is 9.04. The van der Waals surface area contributed by atoms with Gasteiger partial charge in [-0.3, -0.25) is 10.1 Å². The Morgan fingerprint density at radius 3 is 2.36 bits per heavy atom. The molecule has 0 radical (unpaired) electrons. The Hall–Kier alpha value is -2.11. The lowest BCUT2D eigenvalue weighted by Gasteiger charge is -2.09. The first-order valence-electron chi connectivity index (χ1n) is 6.88. The van der Waals surface area contributed by atoms with Crippen molar-refractivity contribution in [3.05, 3.63) is 64.8 Å². The predicted octanol–water partition coefficient (Wildman–Crippen LogP) is 4.88. The molecule has 0 atom stereocenters. The standard InChI is InChI=1S/C18H10I2N2O3/c1-2-7-25-18-16(19)9-12(10-17(18)20)8-14(11-21)13-3-5-15(6-4-13)22(23)24/h1,3-6,8-10H,7H2/b14-8-. The fourth-order valence-electron chi connectivity index (χ4n) is 2.02. The molecule has 0 N–H and O–H groups in total. The smallest absolute Gasteiger partial charge is 0.269 e. The highest BCUT2D eigenvalue weighted by atomic mass is 127. The van der Waals surface area contributed by atoms with Crippen LogP contribution in [0.25, 0.3) is 11.6 Å². The second-order valence-corrected chi connectivity index (χ2v) is 7.10. The quantitative estimate of drug-likeness (QED) is 0.132. The van der Waals surface area contributed by atoms with Crippen molar-refractivity contribution in [2.24, 2.45) is 0 Å². The zero-order valence-electron chi connectivity index (χ0n) is 12.7. The molecular weight excluding hydrogens is 546 g/mol. The van der Waals surface area contributed by atoms with Crippen LogP contribution in [0.5, 0.6) is 5.75 Å². The van der Waals surface area contributed by atoms with Gasteiger partial charge in [-0.25, -0.2) is 0 Å².